The van der Waals surface area contributed by atoms with E-state index in [1.807, 2.05) is 19.9 Å². The molecule has 0 saturated carbocycles. The first-order valence-electron chi connectivity index (χ1n) is 9.91. The number of hydrogen-bond donors (Lipinski definition) is 1. The van der Waals surface area contributed by atoms with Gasteiger partial charge in [-0.2, -0.15) is 0 Å². The van der Waals surface area contributed by atoms with Crippen LogP contribution in [0.25, 0.3) is 11.0 Å². The zero-order chi connectivity index (χ0) is 18.1. The van der Waals surface area contributed by atoms with Gasteiger partial charge in [0.1, 0.15) is 5.82 Å². The van der Waals surface area contributed by atoms with Crippen molar-refractivity contribution in [3.05, 3.63) is 30.1 Å². The molecule has 1 unspecified atom stereocenters. The molecule has 138 valence electrons. The Hall–Kier alpha value is -1.84. The molecule has 1 atom stereocenters. The summed E-state index contributed by atoms with van der Waals surface area (Å²) in [5.74, 6) is 1.08. The number of aromatic nitrogens is 2. The summed E-state index contributed by atoms with van der Waals surface area (Å²) in [6, 6.07) is 8.20. The average molecular weight is 344 g/mol. The lowest BCUT2D eigenvalue weighted by atomic mass is 10.1. The molecule has 1 aromatic heterocycles. The molecule has 25 heavy (non-hydrogen) atoms. The van der Waals surface area contributed by atoms with Gasteiger partial charge in [0.25, 0.3) is 0 Å². The van der Waals surface area contributed by atoms with Crippen LogP contribution in [-0.4, -0.2) is 15.5 Å². The number of nitrogens with one attached hydrogen (secondary N) is 1. The largest absolute Gasteiger partial charge is 0.346 e. The first-order chi connectivity index (χ1) is 12.2. The zero-order valence-electron chi connectivity index (χ0n) is 16.1. The summed E-state index contributed by atoms with van der Waals surface area (Å²) in [7, 11) is 0. The van der Waals surface area contributed by atoms with Gasteiger partial charge in [0, 0.05) is 13.0 Å². The molecule has 0 fully saturated rings. The summed E-state index contributed by atoms with van der Waals surface area (Å²) in [6.07, 6.45) is 9.10. The van der Waals surface area contributed by atoms with E-state index >= 15 is 0 Å². The first-order valence-corrected chi connectivity index (χ1v) is 9.91. The molecule has 0 bridgehead atoms. The Morgan fingerprint density at radius 1 is 1.08 bits per heavy atom. The normalized spacial score (nSPS) is 12.4. The van der Waals surface area contributed by atoms with Gasteiger partial charge < -0.3 is 9.88 Å². The Bertz CT molecular complexity index is 662. The van der Waals surface area contributed by atoms with Crippen molar-refractivity contribution < 1.29 is 4.79 Å². The maximum atomic E-state index is 12.0. The molecule has 2 aromatic rings. The average Bonchev–Trinajstić information content (AvgIpc) is 2.97. The molecule has 0 aliphatic heterocycles. The predicted molar refractivity (Wildman–Crippen MR) is 105 cm³/mol. The van der Waals surface area contributed by atoms with E-state index in [4.69, 9.17) is 4.98 Å². The van der Waals surface area contributed by atoms with Crippen LogP contribution >= 0.6 is 0 Å². The van der Waals surface area contributed by atoms with E-state index in [0.717, 1.165) is 30.7 Å². The molecule has 1 amide bonds. The quantitative estimate of drug-likeness (QED) is 0.557. The van der Waals surface area contributed by atoms with Crippen LogP contribution < -0.4 is 5.32 Å². The van der Waals surface area contributed by atoms with E-state index in [0.29, 0.717) is 6.42 Å². The van der Waals surface area contributed by atoms with Crippen LogP contribution in [0, 0.1) is 0 Å². The Labute approximate surface area is 152 Å². The maximum Gasteiger partial charge on any atom is 0.220 e. The van der Waals surface area contributed by atoms with Crippen molar-refractivity contribution >= 4 is 16.9 Å². The van der Waals surface area contributed by atoms with Gasteiger partial charge in [-0.05, 0) is 31.9 Å². The number of benzene rings is 1. The second-order valence-corrected chi connectivity index (χ2v) is 6.92. The summed E-state index contributed by atoms with van der Waals surface area (Å²) in [5, 5.41) is 3.09. The van der Waals surface area contributed by atoms with Crippen molar-refractivity contribution in [2.24, 2.45) is 0 Å². The van der Waals surface area contributed by atoms with Gasteiger partial charge in [0.2, 0.25) is 5.91 Å². The number of aryl methyl sites for hydroxylation is 1. The highest BCUT2D eigenvalue weighted by molar-refractivity contribution is 5.78. The minimum Gasteiger partial charge on any atom is -0.346 e. The van der Waals surface area contributed by atoms with Gasteiger partial charge in [0.15, 0.2) is 0 Å². The molecular weight excluding hydrogens is 310 g/mol. The summed E-state index contributed by atoms with van der Waals surface area (Å²) in [5.41, 5.74) is 2.18. The van der Waals surface area contributed by atoms with Crippen molar-refractivity contribution in [2.75, 3.05) is 0 Å². The monoisotopic (exact) mass is 343 g/mol. The van der Waals surface area contributed by atoms with Crippen molar-refractivity contribution in [3.63, 3.8) is 0 Å². The molecule has 0 aliphatic carbocycles. The lowest BCUT2D eigenvalue weighted by molar-refractivity contribution is -0.121. The Kier molecular flexibility index (Phi) is 7.96. The number of fused-ring (bicyclic) bond motifs is 1. The van der Waals surface area contributed by atoms with Crippen molar-refractivity contribution in [1.82, 2.24) is 14.9 Å². The summed E-state index contributed by atoms with van der Waals surface area (Å²) >= 11 is 0. The molecular formula is C21H33N3O. The molecule has 0 radical (unpaired) electrons. The number of carbonyl (C=O) groups is 1. The Balaban J connectivity index is 2.08. The van der Waals surface area contributed by atoms with Crippen molar-refractivity contribution in [1.29, 1.82) is 0 Å². The van der Waals surface area contributed by atoms with Gasteiger partial charge >= 0.3 is 0 Å². The molecule has 0 saturated heterocycles. The van der Waals surface area contributed by atoms with Gasteiger partial charge in [-0.1, -0.05) is 58.1 Å². The molecule has 1 N–H and O–H groups in total. The standard InChI is InChI=1S/C21H33N3O/c1-4-6-7-8-9-12-16-24-19-15-11-10-14-18(19)23-21(24)17(3)22-20(25)13-5-2/h10-11,14-15,17H,4-9,12-13,16H2,1-3H3,(H,22,25). The third-order valence-electron chi connectivity index (χ3n) is 4.66. The number of nitrogens with zero attached hydrogens (tertiary/aromatic N) is 2. The minimum atomic E-state index is -0.0634. The van der Waals surface area contributed by atoms with Gasteiger partial charge in [-0.3, -0.25) is 4.79 Å². The second kappa shape index (κ2) is 10.2. The number of unbranched alkanes of at least 4 members (excludes halogenated alkanes) is 5. The minimum absolute atomic E-state index is 0.0634. The number of para-hydroxylation sites is 2. The fourth-order valence-electron chi connectivity index (χ4n) is 3.32. The molecule has 2 rings (SSSR count). The smallest absolute Gasteiger partial charge is 0.220 e. The van der Waals surface area contributed by atoms with Crippen LogP contribution in [0.2, 0.25) is 0 Å². The number of hydrogen-bond acceptors (Lipinski definition) is 2. The second-order valence-electron chi connectivity index (χ2n) is 6.92. The fourth-order valence-corrected chi connectivity index (χ4v) is 3.32. The van der Waals surface area contributed by atoms with E-state index in [9.17, 15) is 4.79 Å². The summed E-state index contributed by atoms with van der Waals surface area (Å²) in [6.45, 7) is 7.28. The topological polar surface area (TPSA) is 46.9 Å². The molecule has 0 aliphatic rings. The first kappa shape index (κ1) is 19.5. The van der Waals surface area contributed by atoms with E-state index in [1.54, 1.807) is 0 Å². The van der Waals surface area contributed by atoms with Crippen molar-refractivity contribution in [3.8, 4) is 0 Å². The van der Waals surface area contributed by atoms with Gasteiger partial charge in [-0.25, -0.2) is 4.98 Å². The van der Waals surface area contributed by atoms with E-state index in [2.05, 4.69) is 35.0 Å². The highest BCUT2D eigenvalue weighted by Gasteiger charge is 2.17. The third kappa shape index (κ3) is 5.58. The lowest BCUT2D eigenvalue weighted by Crippen LogP contribution is -2.28. The van der Waals surface area contributed by atoms with Crippen LogP contribution in [0.3, 0.4) is 0 Å². The number of carbonyl (C=O) groups excluding carboxylic acids is 1. The number of imidazole rings is 1. The van der Waals surface area contributed by atoms with E-state index in [1.165, 1.54) is 37.6 Å². The molecule has 0 spiro atoms. The van der Waals surface area contributed by atoms with E-state index < -0.39 is 0 Å². The van der Waals surface area contributed by atoms with Crippen LogP contribution in [0.1, 0.15) is 84.0 Å². The predicted octanol–water partition coefficient (Wildman–Crippen LogP) is 5.37. The van der Waals surface area contributed by atoms with Crippen LogP contribution in [0.4, 0.5) is 0 Å². The maximum absolute atomic E-state index is 12.0. The highest BCUT2D eigenvalue weighted by atomic mass is 16.1. The Morgan fingerprint density at radius 2 is 1.80 bits per heavy atom. The molecule has 4 heteroatoms. The summed E-state index contributed by atoms with van der Waals surface area (Å²) < 4.78 is 2.30. The molecule has 1 aromatic carbocycles. The SMILES string of the molecule is CCCCCCCCn1c(C(C)NC(=O)CCC)nc2ccccc21. The Morgan fingerprint density at radius 3 is 2.56 bits per heavy atom. The van der Waals surface area contributed by atoms with Gasteiger partial charge in [-0.15, -0.1) is 0 Å². The van der Waals surface area contributed by atoms with Crippen LogP contribution in [0.5, 0.6) is 0 Å². The van der Waals surface area contributed by atoms with E-state index in [-0.39, 0.29) is 11.9 Å². The van der Waals surface area contributed by atoms with Crippen LogP contribution in [0.15, 0.2) is 24.3 Å². The van der Waals surface area contributed by atoms with Crippen molar-refractivity contribution in [2.45, 2.75) is 84.7 Å². The fraction of sp³-hybridized carbons (Fsp3) is 0.619. The number of rotatable bonds is 11. The molecule has 4 nitrogen and oxygen atoms in total. The lowest BCUT2D eigenvalue weighted by Gasteiger charge is -2.16. The van der Waals surface area contributed by atoms with Gasteiger partial charge in [0.05, 0.1) is 17.1 Å². The highest BCUT2D eigenvalue weighted by Crippen LogP contribution is 2.22. The van der Waals surface area contributed by atoms with Crippen LogP contribution in [-0.2, 0) is 11.3 Å². The number of amides is 1. The zero-order valence-corrected chi connectivity index (χ0v) is 16.1. The molecule has 1 heterocycles. The third-order valence-corrected chi connectivity index (χ3v) is 4.66. The summed E-state index contributed by atoms with van der Waals surface area (Å²) in [4.78, 5) is 16.8.